The van der Waals surface area contributed by atoms with Crippen molar-refractivity contribution < 1.29 is 31.2 Å². The highest BCUT2D eigenvalue weighted by molar-refractivity contribution is 7.92. The fraction of sp³-hybridized carbons (Fsp3) is 0.292. The SMILES string of the molecule is CC(=O)NCCNC(=O)c1cccc(Nc2ncc(C(F)(F)F)c(NCc3cccnc3N(C)S(C)(=O)=O)n2)c1. The van der Waals surface area contributed by atoms with Crippen molar-refractivity contribution >= 4 is 45.1 Å². The molecule has 0 saturated carbocycles. The van der Waals surface area contributed by atoms with E-state index in [1.807, 2.05) is 0 Å². The summed E-state index contributed by atoms with van der Waals surface area (Å²) in [5.74, 6) is -1.33. The number of carbonyl (C=O) groups excluding carboxylic acids is 2. The van der Waals surface area contributed by atoms with Crippen molar-refractivity contribution in [3.05, 3.63) is 65.5 Å². The number of aromatic nitrogens is 3. The summed E-state index contributed by atoms with van der Waals surface area (Å²) in [6.07, 6.45) is -1.82. The Balaban J connectivity index is 1.81. The van der Waals surface area contributed by atoms with Crippen LogP contribution in [0.3, 0.4) is 0 Å². The molecule has 3 aromatic rings. The second-order valence-corrected chi connectivity index (χ2v) is 10.5. The lowest BCUT2D eigenvalue weighted by Gasteiger charge is -2.20. The van der Waals surface area contributed by atoms with Gasteiger partial charge in [0.25, 0.3) is 5.91 Å². The Labute approximate surface area is 228 Å². The van der Waals surface area contributed by atoms with Gasteiger partial charge < -0.3 is 21.3 Å². The van der Waals surface area contributed by atoms with Gasteiger partial charge in [-0.3, -0.25) is 13.9 Å². The second kappa shape index (κ2) is 12.6. The molecular weight excluding hydrogens is 553 g/mol. The first-order chi connectivity index (χ1) is 18.8. The molecule has 2 amide bonds. The predicted molar refractivity (Wildman–Crippen MR) is 143 cm³/mol. The molecule has 0 saturated heterocycles. The highest BCUT2D eigenvalue weighted by atomic mass is 32.2. The Kier molecular flexibility index (Phi) is 9.47. The van der Waals surface area contributed by atoms with Gasteiger partial charge in [0.2, 0.25) is 21.9 Å². The number of carbonyl (C=O) groups is 2. The normalized spacial score (nSPS) is 11.4. The van der Waals surface area contributed by atoms with Crippen molar-refractivity contribution in [2.45, 2.75) is 19.6 Å². The molecule has 2 aromatic heterocycles. The van der Waals surface area contributed by atoms with E-state index in [4.69, 9.17) is 0 Å². The van der Waals surface area contributed by atoms with E-state index in [0.717, 1.165) is 10.6 Å². The summed E-state index contributed by atoms with van der Waals surface area (Å²) in [7, 11) is -2.39. The largest absolute Gasteiger partial charge is 0.421 e. The quantitative estimate of drug-likeness (QED) is 0.250. The summed E-state index contributed by atoms with van der Waals surface area (Å²) in [6, 6.07) is 9.19. The number of benzene rings is 1. The molecule has 1 aromatic carbocycles. The average Bonchev–Trinajstić information content (AvgIpc) is 2.88. The van der Waals surface area contributed by atoms with Gasteiger partial charge in [-0.1, -0.05) is 12.1 Å². The minimum atomic E-state index is -4.78. The highest BCUT2D eigenvalue weighted by Crippen LogP contribution is 2.34. The van der Waals surface area contributed by atoms with Gasteiger partial charge in [0.05, 0.1) is 6.26 Å². The van der Waals surface area contributed by atoms with Gasteiger partial charge in [0, 0.05) is 62.8 Å². The van der Waals surface area contributed by atoms with Gasteiger partial charge >= 0.3 is 6.18 Å². The minimum Gasteiger partial charge on any atom is -0.365 e. The maximum atomic E-state index is 13.7. The first-order valence-corrected chi connectivity index (χ1v) is 13.6. The number of hydrogen-bond acceptors (Lipinski definition) is 9. The van der Waals surface area contributed by atoms with Crippen molar-refractivity contribution in [2.24, 2.45) is 0 Å². The number of alkyl halides is 3. The highest BCUT2D eigenvalue weighted by Gasteiger charge is 2.35. The molecule has 0 fully saturated rings. The molecule has 12 nitrogen and oxygen atoms in total. The van der Waals surface area contributed by atoms with E-state index >= 15 is 0 Å². The Hall–Kier alpha value is -4.47. The number of halogens is 3. The van der Waals surface area contributed by atoms with E-state index in [2.05, 4.69) is 36.2 Å². The fourth-order valence-corrected chi connectivity index (χ4v) is 3.83. The average molecular weight is 581 g/mol. The van der Waals surface area contributed by atoms with E-state index < -0.39 is 33.5 Å². The molecule has 4 N–H and O–H groups in total. The molecule has 0 radical (unpaired) electrons. The molecule has 16 heteroatoms. The third-order valence-electron chi connectivity index (χ3n) is 5.37. The van der Waals surface area contributed by atoms with E-state index in [1.54, 1.807) is 18.2 Å². The van der Waals surface area contributed by atoms with Gasteiger partial charge in [-0.15, -0.1) is 0 Å². The van der Waals surface area contributed by atoms with Gasteiger partial charge in [-0.2, -0.15) is 18.2 Å². The Morgan fingerprint density at radius 2 is 1.77 bits per heavy atom. The van der Waals surface area contributed by atoms with E-state index in [1.165, 1.54) is 38.4 Å². The number of sulfonamides is 1. The van der Waals surface area contributed by atoms with Crippen LogP contribution in [0.15, 0.2) is 48.8 Å². The van der Waals surface area contributed by atoms with Crippen LogP contribution in [0.25, 0.3) is 0 Å². The van der Waals surface area contributed by atoms with Crippen molar-refractivity contribution in [3.8, 4) is 0 Å². The molecule has 0 aliphatic heterocycles. The minimum absolute atomic E-state index is 0.0469. The molecule has 0 aliphatic rings. The first kappa shape index (κ1) is 30.1. The summed E-state index contributed by atoms with van der Waals surface area (Å²) >= 11 is 0. The number of amides is 2. The smallest absolute Gasteiger partial charge is 0.365 e. The Morgan fingerprint density at radius 1 is 1.05 bits per heavy atom. The number of nitrogens with one attached hydrogen (secondary N) is 4. The fourth-order valence-electron chi connectivity index (χ4n) is 3.36. The molecule has 2 heterocycles. The maximum absolute atomic E-state index is 13.7. The monoisotopic (exact) mass is 580 g/mol. The topological polar surface area (TPSA) is 158 Å². The van der Waals surface area contributed by atoms with Crippen LogP contribution < -0.4 is 25.6 Å². The standard InChI is InChI=1S/C24H27F3N8O4S/c1-15(36)28-10-11-30-22(37)16-6-4-8-18(12-16)33-23-32-14-19(24(25,26)27)20(34-23)31-13-17-7-5-9-29-21(17)35(2)40(3,38)39/h4-9,12,14H,10-11,13H2,1-3H3,(H,28,36)(H,30,37)(H2,31,32,33,34). The second-order valence-electron chi connectivity index (χ2n) is 8.47. The number of hydrogen-bond donors (Lipinski definition) is 4. The number of pyridine rings is 1. The number of anilines is 4. The molecular formula is C24H27F3N8O4S. The number of rotatable bonds is 11. The molecule has 0 spiro atoms. The lowest BCUT2D eigenvalue weighted by atomic mass is 10.2. The first-order valence-electron chi connectivity index (χ1n) is 11.7. The van der Waals surface area contributed by atoms with Crippen molar-refractivity contribution in [2.75, 3.05) is 41.3 Å². The van der Waals surface area contributed by atoms with Crippen LogP contribution >= 0.6 is 0 Å². The van der Waals surface area contributed by atoms with E-state index in [9.17, 15) is 31.2 Å². The van der Waals surface area contributed by atoms with Crippen LogP contribution in [0.4, 0.5) is 36.4 Å². The summed E-state index contributed by atoms with van der Waals surface area (Å²) in [6.45, 7) is 1.58. The van der Waals surface area contributed by atoms with Crippen LogP contribution in [0.2, 0.25) is 0 Å². The van der Waals surface area contributed by atoms with Gasteiger partial charge in [0.15, 0.2) is 0 Å². The van der Waals surface area contributed by atoms with Crippen LogP contribution in [0.1, 0.15) is 28.4 Å². The third-order valence-corrected chi connectivity index (χ3v) is 6.54. The van der Waals surface area contributed by atoms with Crippen LogP contribution in [0, 0.1) is 0 Å². The predicted octanol–water partition coefficient (Wildman–Crippen LogP) is 2.51. The lowest BCUT2D eigenvalue weighted by Crippen LogP contribution is -2.33. The summed E-state index contributed by atoms with van der Waals surface area (Å²) < 4.78 is 66.0. The zero-order valence-corrected chi connectivity index (χ0v) is 22.5. The maximum Gasteiger partial charge on any atom is 0.421 e. The summed E-state index contributed by atoms with van der Waals surface area (Å²) in [5, 5.41) is 10.6. The lowest BCUT2D eigenvalue weighted by molar-refractivity contribution is -0.137. The molecule has 0 aliphatic carbocycles. The van der Waals surface area contributed by atoms with Crippen LogP contribution in [-0.4, -0.2) is 61.6 Å². The molecule has 214 valence electrons. The Bertz CT molecular complexity index is 1480. The van der Waals surface area contributed by atoms with Gasteiger partial charge in [-0.25, -0.2) is 18.4 Å². The van der Waals surface area contributed by atoms with Gasteiger partial charge in [-0.05, 0) is 24.3 Å². The molecule has 0 bridgehead atoms. The number of nitrogens with zero attached hydrogens (tertiary/aromatic N) is 4. The molecule has 3 rings (SSSR count). The zero-order chi connectivity index (χ0) is 29.5. The van der Waals surface area contributed by atoms with E-state index in [-0.39, 0.29) is 42.9 Å². The summed E-state index contributed by atoms with van der Waals surface area (Å²) in [5.41, 5.74) is -0.220. The Morgan fingerprint density at radius 3 is 2.45 bits per heavy atom. The molecule has 0 unspecified atom stereocenters. The zero-order valence-electron chi connectivity index (χ0n) is 21.7. The van der Waals surface area contributed by atoms with Crippen molar-refractivity contribution in [1.82, 2.24) is 25.6 Å². The summed E-state index contributed by atoms with van der Waals surface area (Å²) in [4.78, 5) is 35.1. The third kappa shape index (κ3) is 8.26. The van der Waals surface area contributed by atoms with Crippen LogP contribution in [-0.2, 0) is 27.5 Å². The van der Waals surface area contributed by atoms with Crippen LogP contribution in [0.5, 0.6) is 0 Å². The van der Waals surface area contributed by atoms with Gasteiger partial charge in [0.1, 0.15) is 17.2 Å². The molecule has 0 atom stereocenters. The van der Waals surface area contributed by atoms with Crippen molar-refractivity contribution in [3.63, 3.8) is 0 Å². The van der Waals surface area contributed by atoms with E-state index in [0.29, 0.717) is 17.4 Å². The van der Waals surface area contributed by atoms with Crippen molar-refractivity contribution in [1.29, 1.82) is 0 Å². The molecule has 40 heavy (non-hydrogen) atoms.